The maximum Gasteiger partial charge on any atom is 0.253 e. The van der Waals surface area contributed by atoms with Gasteiger partial charge in [0, 0.05) is 25.9 Å². The topological polar surface area (TPSA) is 50.4 Å². The Balaban J connectivity index is 2.78. The van der Waals surface area contributed by atoms with E-state index in [1.165, 1.54) is 0 Å². The van der Waals surface area contributed by atoms with Crippen molar-refractivity contribution >= 4 is 11.6 Å². The minimum absolute atomic E-state index is 0.0146. The summed E-state index contributed by atoms with van der Waals surface area (Å²) < 4.78 is 5.12. The molecule has 0 fully saturated rings. The van der Waals surface area contributed by atoms with E-state index in [2.05, 4.69) is 17.6 Å². The molecule has 0 aliphatic rings. The first-order valence-electron chi connectivity index (χ1n) is 6.74. The van der Waals surface area contributed by atoms with Crippen LogP contribution >= 0.6 is 0 Å². The number of rotatable bonds is 7. The zero-order chi connectivity index (χ0) is 14.3. The number of aryl methyl sites for hydroxylation is 1. The molecule has 0 aliphatic carbocycles. The number of benzene rings is 1. The van der Waals surface area contributed by atoms with Crippen LogP contribution in [0, 0.1) is 6.92 Å². The monoisotopic (exact) mass is 264 g/mol. The first-order chi connectivity index (χ1) is 9.08. The van der Waals surface area contributed by atoms with E-state index in [9.17, 15) is 4.79 Å². The van der Waals surface area contributed by atoms with E-state index >= 15 is 0 Å². The Morgan fingerprint density at radius 2 is 2.16 bits per heavy atom. The Hall–Kier alpha value is -1.55. The van der Waals surface area contributed by atoms with Crippen molar-refractivity contribution in [3.05, 3.63) is 29.3 Å². The molecule has 19 heavy (non-hydrogen) atoms. The average molecular weight is 264 g/mol. The second-order valence-corrected chi connectivity index (χ2v) is 4.73. The molecular formula is C15H24N2O2. The molecule has 1 aromatic carbocycles. The van der Waals surface area contributed by atoms with Crippen LogP contribution in [-0.4, -0.2) is 32.2 Å². The molecule has 2 N–H and O–H groups in total. The minimum Gasteiger partial charge on any atom is -0.384 e. The summed E-state index contributed by atoms with van der Waals surface area (Å²) in [5.74, 6) is -0.0637. The molecule has 1 aromatic rings. The molecule has 0 bridgehead atoms. The van der Waals surface area contributed by atoms with Gasteiger partial charge in [-0.1, -0.05) is 18.6 Å². The predicted octanol–water partition coefficient (Wildman–Crippen LogP) is 2.58. The van der Waals surface area contributed by atoms with Crippen molar-refractivity contribution in [3.63, 3.8) is 0 Å². The molecule has 1 unspecified atom stereocenters. The standard InChI is InChI=1S/C15H24N2O2/c1-5-8-16-14-7-6-11(2)9-13(14)15(18)17-10-12(3)19-4/h6-7,9,12,16H,5,8,10H2,1-4H3,(H,17,18). The molecule has 0 aromatic heterocycles. The van der Waals surface area contributed by atoms with Crippen LogP contribution < -0.4 is 10.6 Å². The minimum atomic E-state index is -0.0637. The third-order valence-electron chi connectivity index (χ3n) is 2.94. The molecule has 0 saturated heterocycles. The van der Waals surface area contributed by atoms with Crippen molar-refractivity contribution in [2.45, 2.75) is 33.3 Å². The maximum absolute atomic E-state index is 12.2. The molecule has 0 saturated carbocycles. The van der Waals surface area contributed by atoms with Crippen LogP contribution in [0.25, 0.3) is 0 Å². The summed E-state index contributed by atoms with van der Waals surface area (Å²) in [4.78, 5) is 12.2. The fourth-order valence-electron chi connectivity index (χ4n) is 1.67. The van der Waals surface area contributed by atoms with Crippen LogP contribution in [0.4, 0.5) is 5.69 Å². The SMILES string of the molecule is CCCNc1ccc(C)cc1C(=O)NCC(C)OC. The van der Waals surface area contributed by atoms with E-state index in [0.717, 1.165) is 24.2 Å². The Bertz CT molecular complexity index is 419. The van der Waals surface area contributed by atoms with Crippen molar-refractivity contribution in [3.8, 4) is 0 Å². The lowest BCUT2D eigenvalue weighted by Crippen LogP contribution is -2.32. The number of anilines is 1. The Morgan fingerprint density at radius 3 is 2.79 bits per heavy atom. The van der Waals surface area contributed by atoms with Crippen LogP contribution in [0.15, 0.2) is 18.2 Å². The van der Waals surface area contributed by atoms with Crippen LogP contribution in [0.2, 0.25) is 0 Å². The highest BCUT2D eigenvalue weighted by Gasteiger charge is 2.12. The number of methoxy groups -OCH3 is 1. The summed E-state index contributed by atoms with van der Waals surface area (Å²) >= 11 is 0. The third-order valence-corrected chi connectivity index (χ3v) is 2.94. The third kappa shape index (κ3) is 4.91. The smallest absolute Gasteiger partial charge is 0.253 e. The van der Waals surface area contributed by atoms with E-state index in [0.29, 0.717) is 12.1 Å². The quantitative estimate of drug-likeness (QED) is 0.796. The van der Waals surface area contributed by atoms with E-state index < -0.39 is 0 Å². The van der Waals surface area contributed by atoms with Crippen molar-refractivity contribution in [2.75, 3.05) is 25.5 Å². The molecule has 4 heteroatoms. The summed E-state index contributed by atoms with van der Waals surface area (Å²) in [7, 11) is 1.64. The summed E-state index contributed by atoms with van der Waals surface area (Å²) in [5.41, 5.74) is 2.65. The van der Waals surface area contributed by atoms with E-state index in [-0.39, 0.29) is 12.0 Å². The lowest BCUT2D eigenvalue weighted by Gasteiger charge is -2.14. The molecular weight excluding hydrogens is 240 g/mol. The van der Waals surface area contributed by atoms with Gasteiger partial charge in [-0.05, 0) is 32.4 Å². The molecule has 106 valence electrons. The molecule has 1 atom stereocenters. The molecule has 0 heterocycles. The first-order valence-corrected chi connectivity index (χ1v) is 6.74. The number of carbonyl (C=O) groups excluding carboxylic acids is 1. The normalized spacial score (nSPS) is 12.0. The van der Waals surface area contributed by atoms with Gasteiger partial charge in [-0.15, -0.1) is 0 Å². The second kappa shape index (κ2) is 7.79. The van der Waals surface area contributed by atoms with Gasteiger partial charge in [0.1, 0.15) is 0 Å². The van der Waals surface area contributed by atoms with E-state index in [4.69, 9.17) is 4.74 Å². The van der Waals surface area contributed by atoms with Crippen molar-refractivity contribution in [1.29, 1.82) is 0 Å². The van der Waals surface area contributed by atoms with Crippen LogP contribution in [0.3, 0.4) is 0 Å². The van der Waals surface area contributed by atoms with Gasteiger partial charge in [0.05, 0.1) is 11.7 Å². The van der Waals surface area contributed by atoms with Gasteiger partial charge < -0.3 is 15.4 Å². The van der Waals surface area contributed by atoms with Crippen LogP contribution in [-0.2, 0) is 4.74 Å². The number of carbonyl (C=O) groups is 1. The zero-order valence-electron chi connectivity index (χ0n) is 12.2. The number of nitrogens with one attached hydrogen (secondary N) is 2. The summed E-state index contributed by atoms with van der Waals surface area (Å²) in [6.45, 7) is 7.38. The number of hydrogen-bond donors (Lipinski definition) is 2. The molecule has 0 aliphatic heterocycles. The lowest BCUT2D eigenvalue weighted by atomic mass is 10.1. The van der Waals surface area contributed by atoms with E-state index in [1.807, 2.05) is 32.0 Å². The molecule has 1 amide bonds. The molecule has 0 spiro atoms. The lowest BCUT2D eigenvalue weighted by molar-refractivity contribution is 0.0871. The molecule has 0 radical (unpaired) electrons. The van der Waals surface area contributed by atoms with Crippen LogP contribution in [0.1, 0.15) is 36.2 Å². The van der Waals surface area contributed by atoms with Crippen molar-refractivity contribution in [1.82, 2.24) is 5.32 Å². The van der Waals surface area contributed by atoms with Gasteiger partial charge in [-0.3, -0.25) is 4.79 Å². The fraction of sp³-hybridized carbons (Fsp3) is 0.533. The largest absolute Gasteiger partial charge is 0.384 e. The van der Waals surface area contributed by atoms with Gasteiger partial charge in [0.25, 0.3) is 5.91 Å². The predicted molar refractivity (Wildman–Crippen MR) is 78.8 cm³/mol. The highest BCUT2D eigenvalue weighted by Crippen LogP contribution is 2.17. The van der Waals surface area contributed by atoms with E-state index in [1.54, 1.807) is 7.11 Å². The molecule has 4 nitrogen and oxygen atoms in total. The number of hydrogen-bond acceptors (Lipinski definition) is 3. The maximum atomic E-state index is 12.2. The van der Waals surface area contributed by atoms with Gasteiger partial charge in [-0.2, -0.15) is 0 Å². The van der Waals surface area contributed by atoms with Crippen LogP contribution in [0.5, 0.6) is 0 Å². The summed E-state index contributed by atoms with van der Waals surface area (Å²) in [6, 6.07) is 5.87. The van der Waals surface area contributed by atoms with Gasteiger partial charge in [0.15, 0.2) is 0 Å². The van der Waals surface area contributed by atoms with Crippen molar-refractivity contribution in [2.24, 2.45) is 0 Å². The van der Waals surface area contributed by atoms with Crippen molar-refractivity contribution < 1.29 is 9.53 Å². The summed E-state index contributed by atoms with van der Waals surface area (Å²) in [5, 5.41) is 6.17. The first kappa shape index (κ1) is 15.5. The fourth-order valence-corrected chi connectivity index (χ4v) is 1.67. The summed E-state index contributed by atoms with van der Waals surface area (Å²) in [6.07, 6.45) is 1.04. The van der Waals surface area contributed by atoms with Gasteiger partial charge >= 0.3 is 0 Å². The molecule has 1 rings (SSSR count). The van der Waals surface area contributed by atoms with Gasteiger partial charge in [0.2, 0.25) is 0 Å². The Kier molecular flexibility index (Phi) is 6.36. The number of amides is 1. The average Bonchev–Trinajstić information content (AvgIpc) is 2.42. The Labute approximate surface area is 115 Å². The highest BCUT2D eigenvalue weighted by molar-refractivity contribution is 5.99. The second-order valence-electron chi connectivity index (χ2n) is 4.73. The number of ether oxygens (including phenoxy) is 1. The Morgan fingerprint density at radius 1 is 1.42 bits per heavy atom. The zero-order valence-corrected chi connectivity index (χ0v) is 12.2. The highest BCUT2D eigenvalue weighted by atomic mass is 16.5. The van der Waals surface area contributed by atoms with Gasteiger partial charge in [-0.25, -0.2) is 0 Å².